The summed E-state index contributed by atoms with van der Waals surface area (Å²) < 4.78 is 0. The topological polar surface area (TPSA) is 24.9 Å². The van der Waals surface area contributed by atoms with Crippen LogP contribution in [0.15, 0.2) is 5.38 Å². The van der Waals surface area contributed by atoms with Gasteiger partial charge in [0.1, 0.15) is 0 Å². The van der Waals surface area contributed by atoms with Crippen LogP contribution in [0.5, 0.6) is 0 Å². The van der Waals surface area contributed by atoms with Crippen LogP contribution in [0, 0.1) is 5.92 Å². The summed E-state index contributed by atoms with van der Waals surface area (Å²) in [6.07, 6.45) is 6.86. The van der Waals surface area contributed by atoms with E-state index in [1.54, 1.807) is 0 Å². The van der Waals surface area contributed by atoms with Crippen molar-refractivity contribution in [2.75, 3.05) is 0 Å². The molecule has 1 aliphatic rings. The van der Waals surface area contributed by atoms with Crippen molar-refractivity contribution < 1.29 is 0 Å². The fourth-order valence-corrected chi connectivity index (χ4v) is 3.71. The molecule has 1 fully saturated rings. The van der Waals surface area contributed by atoms with Crippen LogP contribution in [0.4, 0.5) is 0 Å². The molecule has 2 rings (SSSR count). The second-order valence-corrected chi connectivity index (χ2v) is 6.73. The highest BCUT2D eigenvalue weighted by atomic mass is 32.1. The second-order valence-electron chi connectivity index (χ2n) is 5.84. The zero-order chi connectivity index (χ0) is 13.0. The molecular weight excluding hydrogens is 240 g/mol. The molecular formula is C15H26N2S. The third kappa shape index (κ3) is 3.79. The molecule has 1 saturated carbocycles. The molecule has 102 valence electrons. The van der Waals surface area contributed by atoms with E-state index in [1.807, 2.05) is 11.3 Å². The number of aromatic nitrogens is 1. The van der Waals surface area contributed by atoms with Gasteiger partial charge in [-0.2, -0.15) is 0 Å². The van der Waals surface area contributed by atoms with Gasteiger partial charge in [0, 0.05) is 23.9 Å². The maximum atomic E-state index is 4.81. The first-order valence-corrected chi connectivity index (χ1v) is 8.24. The molecule has 18 heavy (non-hydrogen) atoms. The molecule has 0 amide bonds. The van der Waals surface area contributed by atoms with Gasteiger partial charge in [0.2, 0.25) is 0 Å². The Bertz CT molecular complexity index is 351. The van der Waals surface area contributed by atoms with Gasteiger partial charge in [0.25, 0.3) is 0 Å². The highest BCUT2D eigenvalue weighted by molar-refractivity contribution is 7.09. The summed E-state index contributed by atoms with van der Waals surface area (Å²) in [5.41, 5.74) is 1.22. The summed E-state index contributed by atoms with van der Waals surface area (Å²) in [4.78, 5) is 4.81. The van der Waals surface area contributed by atoms with Crippen LogP contribution in [0.2, 0.25) is 0 Å². The van der Waals surface area contributed by atoms with Crippen LogP contribution in [0.3, 0.4) is 0 Å². The van der Waals surface area contributed by atoms with E-state index in [1.165, 1.54) is 42.8 Å². The molecule has 0 bridgehead atoms. The standard InChI is InChI=1S/C15H26N2S/c1-4-12-5-7-13(8-6-12)15-17-14(10-18-15)9-16-11(2)3/h10-13,16H,4-9H2,1-3H3. The van der Waals surface area contributed by atoms with Gasteiger partial charge in [-0.05, 0) is 31.6 Å². The van der Waals surface area contributed by atoms with Gasteiger partial charge in [-0.1, -0.05) is 27.2 Å². The van der Waals surface area contributed by atoms with Gasteiger partial charge < -0.3 is 5.32 Å². The summed E-state index contributed by atoms with van der Waals surface area (Å²) in [5.74, 6) is 1.72. The molecule has 0 saturated heterocycles. The largest absolute Gasteiger partial charge is 0.309 e. The molecule has 0 spiro atoms. The van der Waals surface area contributed by atoms with E-state index in [9.17, 15) is 0 Å². The average molecular weight is 266 g/mol. The minimum atomic E-state index is 0.537. The van der Waals surface area contributed by atoms with Crippen molar-refractivity contribution >= 4 is 11.3 Å². The minimum absolute atomic E-state index is 0.537. The average Bonchev–Trinajstić information content (AvgIpc) is 2.85. The molecule has 0 atom stereocenters. The Morgan fingerprint density at radius 2 is 2.06 bits per heavy atom. The van der Waals surface area contributed by atoms with E-state index >= 15 is 0 Å². The van der Waals surface area contributed by atoms with Gasteiger partial charge in [0.05, 0.1) is 10.7 Å². The number of rotatable bonds is 5. The molecule has 1 aliphatic carbocycles. The number of nitrogens with one attached hydrogen (secondary N) is 1. The van der Waals surface area contributed by atoms with Gasteiger partial charge in [-0.3, -0.25) is 0 Å². The Morgan fingerprint density at radius 3 is 2.67 bits per heavy atom. The zero-order valence-corrected chi connectivity index (χ0v) is 12.7. The normalized spacial score (nSPS) is 24.7. The summed E-state index contributed by atoms with van der Waals surface area (Å²) in [6.45, 7) is 7.60. The molecule has 1 N–H and O–H groups in total. The van der Waals surface area contributed by atoms with Crippen molar-refractivity contribution in [3.8, 4) is 0 Å². The molecule has 1 aromatic rings. The van der Waals surface area contributed by atoms with E-state index in [2.05, 4.69) is 31.5 Å². The summed E-state index contributed by atoms with van der Waals surface area (Å²) in [6, 6.07) is 0.537. The molecule has 2 nitrogen and oxygen atoms in total. The fraction of sp³-hybridized carbons (Fsp3) is 0.800. The van der Waals surface area contributed by atoms with Crippen molar-refractivity contribution in [1.82, 2.24) is 10.3 Å². The van der Waals surface area contributed by atoms with Crippen molar-refractivity contribution in [2.45, 2.75) is 71.4 Å². The maximum absolute atomic E-state index is 4.81. The molecule has 1 aromatic heterocycles. The fourth-order valence-electron chi connectivity index (χ4n) is 2.72. The molecule has 1 heterocycles. The first-order chi connectivity index (χ1) is 8.69. The molecule has 0 unspecified atom stereocenters. The van der Waals surface area contributed by atoms with E-state index in [0.29, 0.717) is 6.04 Å². The van der Waals surface area contributed by atoms with Crippen LogP contribution in [-0.4, -0.2) is 11.0 Å². The van der Waals surface area contributed by atoms with Gasteiger partial charge in [-0.25, -0.2) is 4.98 Å². The number of thiazole rings is 1. The highest BCUT2D eigenvalue weighted by Gasteiger charge is 2.23. The maximum Gasteiger partial charge on any atom is 0.0959 e. The van der Waals surface area contributed by atoms with E-state index < -0.39 is 0 Å². The van der Waals surface area contributed by atoms with E-state index in [4.69, 9.17) is 4.98 Å². The van der Waals surface area contributed by atoms with Crippen LogP contribution in [-0.2, 0) is 6.54 Å². The van der Waals surface area contributed by atoms with Gasteiger partial charge >= 0.3 is 0 Å². The predicted octanol–water partition coefficient (Wildman–Crippen LogP) is 4.32. The lowest BCUT2D eigenvalue weighted by molar-refractivity contribution is 0.318. The zero-order valence-electron chi connectivity index (χ0n) is 11.9. The Balaban J connectivity index is 1.86. The van der Waals surface area contributed by atoms with Crippen molar-refractivity contribution in [1.29, 1.82) is 0 Å². The first kappa shape index (κ1) is 14.0. The Morgan fingerprint density at radius 1 is 1.33 bits per heavy atom. The Kier molecular flexibility index (Phi) is 5.19. The molecule has 0 aliphatic heterocycles. The van der Waals surface area contributed by atoms with Crippen LogP contribution >= 0.6 is 11.3 Å². The number of hydrogen-bond acceptors (Lipinski definition) is 3. The van der Waals surface area contributed by atoms with Crippen molar-refractivity contribution in [3.63, 3.8) is 0 Å². The lowest BCUT2D eigenvalue weighted by atomic mass is 9.81. The predicted molar refractivity (Wildman–Crippen MR) is 79.1 cm³/mol. The van der Waals surface area contributed by atoms with Crippen LogP contribution < -0.4 is 5.32 Å². The van der Waals surface area contributed by atoms with Crippen LogP contribution in [0.25, 0.3) is 0 Å². The molecule has 3 heteroatoms. The quantitative estimate of drug-likeness (QED) is 0.858. The van der Waals surface area contributed by atoms with Crippen LogP contribution in [0.1, 0.15) is 69.5 Å². The lowest BCUT2D eigenvalue weighted by Crippen LogP contribution is -2.22. The van der Waals surface area contributed by atoms with Crippen molar-refractivity contribution in [3.05, 3.63) is 16.1 Å². The minimum Gasteiger partial charge on any atom is -0.309 e. The monoisotopic (exact) mass is 266 g/mol. The smallest absolute Gasteiger partial charge is 0.0959 e. The third-order valence-electron chi connectivity index (χ3n) is 4.03. The summed E-state index contributed by atoms with van der Waals surface area (Å²) >= 11 is 1.87. The highest BCUT2D eigenvalue weighted by Crippen LogP contribution is 2.37. The summed E-state index contributed by atoms with van der Waals surface area (Å²) in [7, 11) is 0. The number of hydrogen-bond donors (Lipinski definition) is 1. The lowest BCUT2D eigenvalue weighted by Gasteiger charge is -2.26. The summed E-state index contributed by atoms with van der Waals surface area (Å²) in [5, 5.41) is 7.05. The Labute approximate surface area is 115 Å². The SMILES string of the molecule is CCC1CCC(c2nc(CNC(C)C)cs2)CC1. The van der Waals surface area contributed by atoms with Gasteiger partial charge in [-0.15, -0.1) is 11.3 Å². The van der Waals surface area contributed by atoms with Crippen molar-refractivity contribution in [2.24, 2.45) is 5.92 Å². The Hall–Kier alpha value is -0.410. The van der Waals surface area contributed by atoms with Gasteiger partial charge in [0.15, 0.2) is 0 Å². The molecule has 0 radical (unpaired) electrons. The van der Waals surface area contributed by atoms with E-state index in [0.717, 1.165) is 18.4 Å². The third-order valence-corrected chi connectivity index (χ3v) is 5.09. The van der Waals surface area contributed by atoms with E-state index in [-0.39, 0.29) is 0 Å². The first-order valence-electron chi connectivity index (χ1n) is 7.36. The molecule has 0 aromatic carbocycles. The second kappa shape index (κ2) is 6.67. The number of nitrogens with zero attached hydrogens (tertiary/aromatic N) is 1.